The molecule has 104 valence electrons. The molecule has 0 aliphatic heterocycles. The Bertz CT molecular complexity index is 594. The highest BCUT2D eigenvalue weighted by Crippen LogP contribution is 2.40. The van der Waals surface area contributed by atoms with Gasteiger partial charge in [-0.15, -0.1) is 0 Å². The molecule has 0 amide bonds. The van der Waals surface area contributed by atoms with Crippen LogP contribution in [0.25, 0.3) is 0 Å². The summed E-state index contributed by atoms with van der Waals surface area (Å²) < 4.78 is 0. The van der Waals surface area contributed by atoms with Gasteiger partial charge in [0.25, 0.3) is 0 Å². The van der Waals surface area contributed by atoms with Gasteiger partial charge in [-0.3, -0.25) is 16.3 Å². The zero-order chi connectivity index (χ0) is 13.9. The van der Waals surface area contributed by atoms with Crippen molar-refractivity contribution in [1.82, 2.24) is 10.4 Å². The van der Waals surface area contributed by atoms with Crippen molar-refractivity contribution in [3.8, 4) is 0 Å². The molecule has 3 heteroatoms. The summed E-state index contributed by atoms with van der Waals surface area (Å²) in [7, 11) is 0. The van der Waals surface area contributed by atoms with Gasteiger partial charge in [0, 0.05) is 6.20 Å². The van der Waals surface area contributed by atoms with Gasteiger partial charge >= 0.3 is 0 Å². The number of nitrogens with one attached hydrogen (secondary N) is 1. The average molecular weight is 267 g/mol. The standard InChI is InChI=1S/C17H21N3/c1-2-12-7-5-9-19-17(12)16(20-18)11-14-10-13-6-3-4-8-15(13)14/h3-9,14,16,20H,2,10-11,18H2,1H3. The fourth-order valence-corrected chi connectivity index (χ4v) is 3.18. The van der Waals surface area contributed by atoms with Crippen molar-refractivity contribution in [1.29, 1.82) is 0 Å². The molecule has 3 N–H and O–H groups in total. The molecule has 0 bridgehead atoms. The van der Waals surface area contributed by atoms with E-state index in [0.29, 0.717) is 5.92 Å². The van der Waals surface area contributed by atoms with Crippen LogP contribution in [-0.4, -0.2) is 4.98 Å². The lowest BCUT2D eigenvalue weighted by Crippen LogP contribution is -2.32. The Morgan fingerprint density at radius 2 is 2.15 bits per heavy atom. The first-order valence-electron chi connectivity index (χ1n) is 7.31. The van der Waals surface area contributed by atoms with Crippen LogP contribution < -0.4 is 11.3 Å². The summed E-state index contributed by atoms with van der Waals surface area (Å²) in [6.45, 7) is 2.16. The maximum Gasteiger partial charge on any atom is 0.0640 e. The number of benzene rings is 1. The predicted octanol–water partition coefficient (Wildman–Crippen LogP) is 2.88. The highest BCUT2D eigenvalue weighted by atomic mass is 15.2. The largest absolute Gasteiger partial charge is 0.271 e. The Balaban J connectivity index is 1.79. The van der Waals surface area contributed by atoms with Crippen molar-refractivity contribution in [2.75, 3.05) is 0 Å². The van der Waals surface area contributed by atoms with Gasteiger partial charge < -0.3 is 0 Å². The first-order chi connectivity index (χ1) is 9.83. The molecule has 1 aromatic carbocycles. The molecule has 1 aromatic heterocycles. The van der Waals surface area contributed by atoms with E-state index in [0.717, 1.165) is 25.0 Å². The van der Waals surface area contributed by atoms with Crippen LogP contribution in [0.1, 0.15) is 47.7 Å². The van der Waals surface area contributed by atoms with E-state index >= 15 is 0 Å². The Labute approximate surface area is 120 Å². The van der Waals surface area contributed by atoms with Crippen molar-refractivity contribution >= 4 is 0 Å². The summed E-state index contributed by atoms with van der Waals surface area (Å²) in [6, 6.07) is 12.9. The van der Waals surface area contributed by atoms with Crippen molar-refractivity contribution in [2.24, 2.45) is 5.84 Å². The molecule has 2 aromatic rings. The summed E-state index contributed by atoms with van der Waals surface area (Å²) in [4.78, 5) is 4.55. The predicted molar refractivity (Wildman–Crippen MR) is 81.2 cm³/mol. The molecule has 2 atom stereocenters. The van der Waals surface area contributed by atoms with Gasteiger partial charge in [-0.05, 0) is 47.9 Å². The molecular weight excluding hydrogens is 246 g/mol. The summed E-state index contributed by atoms with van der Waals surface area (Å²) in [5, 5.41) is 0. The van der Waals surface area contributed by atoms with E-state index in [1.165, 1.54) is 16.7 Å². The summed E-state index contributed by atoms with van der Waals surface area (Å²) >= 11 is 0. The number of pyridine rings is 1. The van der Waals surface area contributed by atoms with Gasteiger partial charge in [-0.1, -0.05) is 37.3 Å². The molecule has 1 aliphatic rings. The lowest BCUT2D eigenvalue weighted by Gasteiger charge is -2.33. The Morgan fingerprint density at radius 1 is 1.30 bits per heavy atom. The van der Waals surface area contributed by atoms with Crippen LogP contribution >= 0.6 is 0 Å². The Hall–Kier alpha value is -1.71. The van der Waals surface area contributed by atoms with E-state index in [9.17, 15) is 0 Å². The molecule has 0 radical (unpaired) electrons. The van der Waals surface area contributed by atoms with E-state index in [1.807, 2.05) is 12.3 Å². The zero-order valence-electron chi connectivity index (χ0n) is 11.8. The van der Waals surface area contributed by atoms with E-state index < -0.39 is 0 Å². The Morgan fingerprint density at radius 3 is 2.90 bits per heavy atom. The first kappa shape index (κ1) is 13.3. The molecule has 0 saturated heterocycles. The quantitative estimate of drug-likeness (QED) is 0.647. The lowest BCUT2D eigenvalue weighted by molar-refractivity contribution is 0.426. The van der Waals surface area contributed by atoms with E-state index in [4.69, 9.17) is 5.84 Å². The molecule has 2 unspecified atom stereocenters. The zero-order valence-corrected chi connectivity index (χ0v) is 11.8. The van der Waals surface area contributed by atoms with Crippen molar-refractivity contribution in [3.05, 3.63) is 65.0 Å². The first-order valence-corrected chi connectivity index (χ1v) is 7.31. The SMILES string of the molecule is CCc1cccnc1C(CC1Cc2ccccc21)NN. The third kappa shape index (κ3) is 2.35. The summed E-state index contributed by atoms with van der Waals surface area (Å²) in [5.41, 5.74) is 8.29. The number of fused-ring (bicyclic) bond motifs is 1. The van der Waals surface area contributed by atoms with Gasteiger partial charge in [0.2, 0.25) is 0 Å². The van der Waals surface area contributed by atoms with Crippen molar-refractivity contribution < 1.29 is 0 Å². The van der Waals surface area contributed by atoms with E-state index in [2.05, 4.69) is 47.7 Å². The fraction of sp³-hybridized carbons (Fsp3) is 0.353. The van der Waals surface area contributed by atoms with Crippen LogP contribution in [0.15, 0.2) is 42.6 Å². The van der Waals surface area contributed by atoms with Crippen molar-refractivity contribution in [2.45, 2.75) is 38.1 Å². The highest BCUT2D eigenvalue weighted by molar-refractivity contribution is 5.40. The lowest BCUT2D eigenvalue weighted by atomic mass is 9.74. The normalized spacial score (nSPS) is 18.2. The van der Waals surface area contributed by atoms with Crippen LogP contribution in [0.4, 0.5) is 0 Å². The minimum atomic E-state index is 0.129. The fourth-order valence-electron chi connectivity index (χ4n) is 3.18. The molecule has 1 aliphatic carbocycles. The van der Waals surface area contributed by atoms with Crippen LogP contribution in [0.3, 0.4) is 0 Å². The molecular formula is C17H21N3. The van der Waals surface area contributed by atoms with E-state index in [-0.39, 0.29) is 6.04 Å². The topological polar surface area (TPSA) is 50.9 Å². The number of hydrazine groups is 1. The van der Waals surface area contributed by atoms with Gasteiger partial charge in [0.05, 0.1) is 11.7 Å². The monoisotopic (exact) mass is 267 g/mol. The van der Waals surface area contributed by atoms with E-state index in [1.54, 1.807) is 0 Å². The number of rotatable bonds is 5. The second-order valence-corrected chi connectivity index (χ2v) is 5.46. The highest BCUT2D eigenvalue weighted by Gasteiger charge is 2.29. The number of hydrogen-bond donors (Lipinski definition) is 2. The molecule has 20 heavy (non-hydrogen) atoms. The Kier molecular flexibility index (Phi) is 3.81. The van der Waals surface area contributed by atoms with Crippen LogP contribution in [0.5, 0.6) is 0 Å². The van der Waals surface area contributed by atoms with Crippen molar-refractivity contribution in [3.63, 3.8) is 0 Å². The second-order valence-electron chi connectivity index (χ2n) is 5.46. The molecule has 0 spiro atoms. The minimum Gasteiger partial charge on any atom is -0.271 e. The number of nitrogens with two attached hydrogens (primary N) is 1. The van der Waals surface area contributed by atoms with Crippen LogP contribution in [0.2, 0.25) is 0 Å². The summed E-state index contributed by atoms with van der Waals surface area (Å²) in [5.74, 6) is 6.38. The number of hydrogen-bond acceptors (Lipinski definition) is 3. The minimum absolute atomic E-state index is 0.129. The number of aromatic nitrogens is 1. The third-order valence-corrected chi connectivity index (χ3v) is 4.32. The van der Waals surface area contributed by atoms with Gasteiger partial charge in [-0.2, -0.15) is 0 Å². The summed E-state index contributed by atoms with van der Waals surface area (Å²) in [6.07, 6.45) is 5.01. The number of nitrogens with zero attached hydrogens (tertiary/aromatic N) is 1. The molecule has 3 rings (SSSR count). The maximum atomic E-state index is 5.79. The smallest absolute Gasteiger partial charge is 0.0640 e. The second kappa shape index (κ2) is 5.73. The third-order valence-electron chi connectivity index (χ3n) is 4.32. The molecule has 3 nitrogen and oxygen atoms in total. The molecule has 0 fully saturated rings. The van der Waals surface area contributed by atoms with Crippen LogP contribution in [0, 0.1) is 0 Å². The number of aryl methyl sites for hydroxylation is 1. The maximum absolute atomic E-state index is 5.79. The van der Waals surface area contributed by atoms with Crippen LogP contribution in [-0.2, 0) is 12.8 Å². The van der Waals surface area contributed by atoms with Gasteiger partial charge in [0.15, 0.2) is 0 Å². The average Bonchev–Trinajstić information content (AvgIpc) is 2.49. The molecule has 0 saturated carbocycles. The van der Waals surface area contributed by atoms with Gasteiger partial charge in [-0.25, -0.2) is 0 Å². The van der Waals surface area contributed by atoms with Gasteiger partial charge in [0.1, 0.15) is 0 Å². The molecule has 1 heterocycles.